The van der Waals surface area contributed by atoms with E-state index in [9.17, 15) is 35.6 Å². The summed E-state index contributed by atoms with van der Waals surface area (Å²) in [6.45, 7) is -0.332. The van der Waals surface area contributed by atoms with Gasteiger partial charge in [-0.2, -0.15) is 13.2 Å². The number of benzene rings is 2. The van der Waals surface area contributed by atoms with E-state index in [1.165, 1.54) is 6.92 Å². The zero-order valence-electron chi connectivity index (χ0n) is 17.1. The molecule has 0 aliphatic rings. The predicted octanol–water partition coefficient (Wildman–Crippen LogP) is 3.41. The molecule has 0 atom stereocenters. The molecule has 6 nitrogen and oxygen atoms in total. The first-order chi connectivity index (χ1) is 14.9. The van der Waals surface area contributed by atoms with Crippen molar-refractivity contribution in [3.8, 4) is 0 Å². The van der Waals surface area contributed by atoms with Gasteiger partial charge >= 0.3 is 6.18 Å². The fraction of sp³-hybridized carbons (Fsp3) is 0.333. The number of carbonyl (C=O) groups excluding carboxylic acids is 2. The van der Waals surface area contributed by atoms with Crippen LogP contribution in [0.4, 0.5) is 23.2 Å². The second kappa shape index (κ2) is 10.6. The molecule has 2 aromatic carbocycles. The third kappa shape index (κ3) is 8.29. The molecule has 11 heteroatoms. The number of halogens is 4. The molecule has 174 valence electrons. The van der Waals surface area contributed by atoms with Crippen LogP contribution in [0.1, 0.15) is 27.9 Å². The maximum Gasteiger partial charge on any atom is 0.405 e. The van der Waals surface area contributed by atoms with E-state index in [0.717, 1.165) is 17.7 Å². The first kappa shape index (κ1) is 25.3. The van der Waals surface area contributed by atoms with Crippen molar-refractivity contribution >= 4 is 27.3 Å². The normalized spacial score (nSPS) is 11.8. The molecule has 0 spiro atoms. The first-order valence-electron chi connectivity index (χ1n) is 9.55. The van der Waals surface area contributed by atoms with E-state index in [-0.39, 0.29) is 17.0 Å². The number of hydrogen-bond donors (Lipinski definition) is 2. The van der Waals surface area contributed by atoms with Gasteiger partial charge in [0.2, 0.25) is 5.91 Å². The van der Waals surface area contributed by atoms with Crippen molar-refractivity contribution in [3.63, 3.8) is 0 Å². The van der Waals surface area contributed by atoms with E-state index in [4.69, 9.17) is 0 Å². The van der Waals surface area contributed by atoms with Gasteiger partial charge in [-0.05, 0) is 37.5 Å². The number of amides is 2. The Morgan fingerprint density at radius 2 is 1.72 bits per heavy atom. The molecule has 0 aliphatic carbocycles. The zero-order valence-corrected chi connectivity index (χ0v) is 17.9. The molecule has 0 radical (unpaired) electrons. The van der Waals surface area contributed by atoms with Crippen molar-refractivity contribution in [1.29, 1.82) is 0 Å². The molecule has 2 N–H and O–H groups in total. The Bertz CT molecular complexity index is 1070. The van der Waals surface area contributed by atoms with Gasteiger partial charge in [0.25, 0.3) is 5.91 Å². The Morgan fingerprint density at radius 1 is 1.06 bits per heavy atom. The second-order valence-corrected chi connectivity index (χ2v) is 9.34. The molecule has 0 heterocycles. The highest BCUT2D eigenvalue weighted by Crippen LogP contribution is 2.21. The highest BCUT2D eigenvalue weighted by molar-refractivity contribution is 7.92. The van der Waals surface area contributed by atoms with Crippen molar-refractivity contribution in [3.05, 3.63) is 65.0 Å². The molecule has 32 heavy (non-hydrogen) atoms. The third-order valence-corrected chi connectivity index (χ3v) is 6.06. The number of carbonyl (C=O) groups is 2. The summed E-state index contributed by atoms with van der Waals surface area (Å²) >= 11 is 0. The lowest BCUT2D eigenvalue weighted by Gasteiger charge is -2.13. The Balaban J connectivity index is 2.00. The molecule has 0 unspecified atom stereocenters. The van der Waals surface area contributed by atoms with Gasteiger partial charge in [0.15, 0.2) is 9.84 Å². The molecule has 0 saturated heterocycles. The number of nitrogens with one attached hydrogen (secondary N) is 2. The molecule has 0 bridgehead atoms. The highest BCUT2D eigenvalue weighted by atomic mass is 32.2. The summed E-state index contributed by atoms with van der Waals surface area (Å²) < 4.78 is 75.4. The van der Waals surface area contributed by atoms with E-state index in [2.05, 4.69) is 5.32 Å². The largest absolute Gasteiger partial charge is 0.405 e. The SMILES string of the molecule is Cc1c(F)cc(C(=O)NCC(F)(F)F)cc1NC(=O)CS(=O)(=O)CCCc1ccccc1. The van der Waals surface area contributed by atoms with E-state index < -0.39 is 51.5 Å². The number of rotatable bonds is 9. The van der Waals surface area contributed by atoms with Gasteiger partial charge < -0.3 is 10.6 Å². The molecule has 2 amide bonds. The van der Waals surface area contributed by atoms with Crippen molar-refractivity contribution in [1.82, 2.24) is 5.32 Å². The lowest BCUT2D eigenvalue weighted by atomic mass is 10.1. The van der Waals surface area contributed by atoms with Crippen LogP contribution in [0.5, 0.6) is 0 Å². The van der Waals surface area contributed by atoms with Gasteiger partial charge in [-0.15, -0.1) is 0 Å². The summed E-state index contributed by atoms with van der Waals surface area (Å²) in [5.74, 6) is -4.16. The monoisotopic (exact) mass is 474 g/mol. The van der Waals surface area contributed by atoms with Gasteiger partial charge in [-0.1, -0.05) is 30.3 Å². The molecular weight excluding hydrogens is 452 g/mol. The average molecular weight is 474 g/mol. The Morgan fingerprint density at radius 3 is 2.34 bits per heavy atom. The highest BCUT2D eigenvalue weighted by Gasteiger charge is 2.28. The van der Waals surface area contributed by atoms with Crippen molar-refractivity contribution < 1.29 is 35.6 Å². The molecule has 2 aromatic rings. The van der Waals surface area contributed by atoms with Crippen molar-refractivity contribution in [2.24, 2.45) is 0 Å². The van der Waals surface area contributed by atoms with Crippen LogP contribution in [-0.2, 0) is 21.1 Å². The summed E-state index contributed by atoms with van der Waals surface area (Å²) in [5.41, 5.74) is 0.219. The van der Waals surface area contributed by atoms with Gasteiger partial charge in [-0.25, -0.2) is 12.8 Å². The maximum atomic E-state index is 14.1. The molecule has 0 aromatic heterocycles. The van der Waals surface area contributed by atoms with Crippen LogP contribution in [0, 0.1) is 12.7 Å². The fourth-order valence-electron chi connectivity index (χ4n) is 2.82. The number of aryl methyl sites for hydroxylation is 1. The van der Waals surface area contributed by atoms with Gasteiger partial charge in [-0.3, -0.25) is 9.59 Å². The topological polar surface area (TPSA) is 92.3 Å². The summed E-state index contributed by atoms with van der Waals surface area (Å²) in [6, 6.07) is 10.9. The molecule has 0 fully saturated rings. The molecule has 0 aliphatic heterocycles. The Kier molecular flexibility index (Phi) is 8.37. The first-order valence-corrected chi connectivity index (χ1v) is 11.4. The van der Waals surface area contributed by atoms with E-state index in [0.29, 0.717) is 12.8 Å². The summed E-state index contributed by atoms with van der Waals surface area (Å²) in [5, 5.41) is 3.82. The molecule has 2 rings (SSSR count). The van der Waals surface area contributed by atoms with Crippen LogP contribution >= 0.6 is 0 Å². The van der Waals surface area contributed by atoms with Crippen LogP contribution in [0.25, 0.3) is 0 Å². The van der Waals surface area contributed by atoms with Crippen molar-refractivity contribution in [2.75, 3.05) is 23.4 Å². The van der Waals surface area contributed by atoms with Gasteiger partial charge in [0, 0.05) is 16.8 Å². The summed E-state index contributed by atoms with van der Waals surface area (Å²) in [6.07, 6.45) is -3.83. The predicted molar refractivity (Wildman–Crippen MR) is 112 cm³/mol. The number of anilines is 1. The minimum atomic E-state index is -4.65. The molecular formula is C21H22F4N2O4S. The van der Waals surface area contributed by atoms with Crippen molar-refractivity contribution in [2.45, 2.75) is 25.9 Å². The van der Waals surface area contributed by atoms with Crippen LogP contribution in [-0.4, -0.2) is 44.5 Å². The number of alkyl halides is 3. The minimum absolute atomic E-state index is 0.0906. The van der Waals surface area contributed by atoms with E-state index in [1.54, 1.807) is 5.32 Å². The summed E-state index contributed by atoms with van der Waals surface area (Å²) in [7, 11) is -3.76. The standard InChI is InChI=1S/C21H22F4N2O4S/c1-14-17(22)10-16(20(29)26-13-21(23,24)25)11-18(14)27-19(28)12-32(30,31)9-5-8-15-6-3-2-4-7-15/h2-4,6-7,10-11H,5,8-9,12-13H2,1H3,(H,26,29)(H,27,28). The Labute approximate surface area is 182 Å². The quantitative estimate of drug-likeness (QED) is 0.545. The fourth-order valence-corrected chi connectivity index (χ4v) is 4.02. The third-order valence-electron chi connectivity index (χ3n) is 4.44. The minimum Gasteiger partial charge on any atom is -0.343 e. The number of hydrogen-bond acceptors (Lipinski definition) is 4. The van der Waals surface area contributed by atoms with Crippen LogP contribution < -0.4 is 10.6 Å². The maximum absolute atomic E-state index is 14.1. The number of sulfone groups is 1. The van der Waals surface area contributed by atoms with E-state index in [1.807, 2.05) is 30.3 Å². The van der Waals surface area contributed by atoms with Crippen LogP contribution in [0.2, 0.25) is 0 Å². The Hall–Kier alpha value is -2.95. The zero-order chi connectivity index (χ0) is 23.9. The molecule has 0 saturated carbocycles. The van der Waals surface area contributed by atoms with E-state index >= 15 is 0 Å². The van der Waals surface area contributed by atoms with Crippen LogP contribution in [0.15, 0.2) is 42.5 Å². The lowest BCUT2D eigenvalue weighted by Crippen LogP contribution is -2.34. The van der Waals surface area contributed by atoms with Crippen LogP contribution in [0.3, 0.4) is 0 Å². The van der Waals surface area contributed by atoms with Gasteiger partial charge in [0.1, 0.15) is 18.1 Å². The lowest BCUT2D eigenvalue weighted by molar-refractivity contribution is -0.123. The second-order valence-electron chi connectivity index (χ2n) is 7.16. The average Bonchev–Trinajstić information content (AvgIpc) is 2.69. The van der Waals surface area contributed by atoms with Gasteiger partial charge in [0.05, 0.1) is 5.75 Å². The smallest absolute Gasteiger partial charge is 0.343 e. The summed E-state index contributed by atoms with van der Waals surface area (Å²) in [4.78, 5) is 24.1.